The standard InChI is InChI=1S/C22H21N7O2/c1-15-20(22(31)25-13-19(30)28(2)14-16-6-4-10-23-12-16)26-27-29(15)18-9-3-7-17-8-5-11-24-21(17)18/h3-12H,13-14H2,1-2H3,(H,25,31). The largest absolute Gasteiger partial charge is 0.342 e. The van der Waals surface area contributed by atoms with Crippen molar-refractivity contribution in [3.8, 4) is 5.69 Å². The number of likely N-dealkylation sites (N-methyl/N-ethyl adjacent to an activating group) is 1. The summed E-state index contributed by atoms with van der Waals surface area (Å²) in [6, 6.07) is 13.2. The molecule has 0 fully saturated rings. The molecule has 0 atom stereocenters. The first-order valence-electron chi connectivity index (χ1n) is 9.72. The number of benzene rings is 1. The van der Waals surface area contributed by atoms with Gasteiger partial charge in [0.1, 0.15) is 0 Å². The summed E-state index contributed by atoms with van der Waals surface area (Å²) in [7, 11) is 1.68. The van der Waals surface area contributed by atoms with Crippen molar-refractivity contribution < 1.29 is 9.59 Å². The lowest BCUT2D eigenvalue weighted by molar-refractivity contribution is -0.129. The van der Waals surface area contributed by atoms with E-state index in [1.165, 1.54) is 4.90 Å². The van der Waals surface area contributed by atoms with E-state index in [-0.39, 0.29) is 18.1 Å². The quantitative estimate of drug-likeness (QED) is 0.516. The Bertz CT molecular complexity index is 1230. The fourth-order valence-electron chi connectivity index (χ4n) is 3.26. The van der Waals surface area contributed by atoms with Crippen molar-refractivity contribution in [1.82, 2.24) is 35.2 Å². The molecule has 0 saturated heterocycles. The molecule has 0 spiro atoms. The van der Waals surface area contributed by atoms with Gasteiger partial charge in [-0.1, -0.05) is 29.5 Å². The lowest BCUT2D eigenvalue weighted by Gasteiger charge is -2.17. The molecule has 4 rings (SSSR count). The number of carbonyl (C=O) groups is 2. The molecule has 0 unspecified atom stereocenters. The maximum Gasteiger partial charge on any atom is 0.274 e. The van der Waals surface area contributed by atoms with Crippen LogP contribution < -0.4 is 5.32 Å². The zero-order valence-corrected chi connectivity index (χ0v) is 17.2. The lowest BCUT2D eigenvalue weighted by Crippen LogP contribution is -2.38. The molecule has 9 heteroatoms. The number of nitrogens with one attached hydrogen (secondary N) is 1. The fraction of sp³-hybridized carbons (Fsp3) is 0.182. The number of aromatic nitrogens is 5. The van der Waals surface area contributed by atoms with E-state index in [1.54, 1.807) is 37.2 Å². The first kappa shape index (κ1) is 20.1. The molecule has 2 amide bonds. The van der Waals surface area contributed by atoms with Gasteiger partial charge in [0.2, 0.25) is 5.91 Å². The Kier molecular flexibility index (Phi) is 5.65. The van der Waals surface area contributed by atoms with Gasteiger partial charge in [0.05, 0.1) is 23.4 Å². The van der Waals surface area contributed by atoms with E-state index in [1.807, 2.05) is 42.5 Å². The SMILES string of the molecule is Cc1c(C(=O)NCC(=O)N(C)Cc2cccnc2)nnn1-c1cccc2cccnc12. The Morgan fingerprint density at radius 2 is 1.90 bits per heavy atom. The Labute approximate surface area is 178 Å². The number of hydrogen-bond acceptors (Lipinski definition) is 6. The molecule has 156 valence electrons. The normalized spacial score (nSPS) is 10.8. The van der Waals surface area contributed by atoms with Crippen molar-refractivity contribution in [3.63, 3.8) is 0 Å². The maximum atomic E-state index is 12.6. The number of para-hydroxylation sites is 1. The van der Waals surface area contributed by atoms with Gasteiger partial charge in [-0.2, -0.15) is 0 Å². The van der Waals surface area contributed by atoms with Crippen LogP contribution >= 0.6 is 0 Å². The molecule has 4 aromatic rings. The van der Waals surface area contributed by atoms with Gasteiger partial charge in [-0.25, -0.2) is 4.68 Å². The van der Waals surface area contributed by atoms with Crippen LogP contribution in [0, 0.1) is 6.92 Å². The summed E-state index contributed by atoms with van der Waals surface area (Å²) in [5, 5.41) is 11.8. The summed E-state index contributed by atoms with van der Waals surface area (Å²) < 4.78 is 1.58. The van der Waals surface area contributed by atoms with Crippen molar-refractivity contribution in [1.29, 1.82) is 0 Å². The summed E-state index contributed by atoms with van der Waals surface area (Å²) in [6.07, 6.45) is 5.08. The highest BCUT2D eigenvalue weighted by Gasteiger charge is 2.20. The third kappa shape index (κ3) is 4.25. The van der Waals surface area contributed by atoms with Gasteiger partial charge in [-0.05, 0) is 30.7 Å². The van der Waals surface area contributed by atoms with Crippen LogP contribution in [0.1, 0.15) is 21.7 Å². The summed E-state index contributed by atoms with van der Waals surface area (Å²) in [6.45, 7) is 2.02. The first-order valence-corrected chi connectivity index (χ1v) is 9.72. The molecule has 0 aliphatic carbocycles. The van der Waals surface area contributed by atoms with E-state index in [9.17, 15) is 9.59 Å². The van der Waals surface area contributed by atoms with Crippen LogP contribution in [0.5, 0.6) is 0 Å². The highest BCUT2D eigenvalue weighted by molar-refractivity contribution is 5.96. The third-order valence-corrected chi connectivity index (χ3v) is 4.92. The van der Waals surface area contributed by atoms with E-state index in [0.717, 1.165) is 22.2 Å². The van der Waals surface area contributed by atoms with Gasteiger partial charge >= 0.3 is 0 Å². The minimum absolute atomic E-state index is 0.141. The van der Waals surface area contributed by atoms with Crippen molar-refractivity contribution >= 4 is 22.7 Å². The minimum Gasteiger partial charge on any atom is -0.342 e. The summed E-state index contributed by atoms with van der Waals surface area (Å²) in [5.74, 6) is -0.680. The Hall–Kier alpha value is -4.14. The molecule has 3 aromatic heterocycles. The van der Waals surface area contributed by atoms with Crippen molar-refractivity contribution in [2.45, 2.75) is 13.5 Å². The van der Waals surface area contributed by atoms with Gasteiger partial charge in [0.15, 0.2) is 5.69 Å². The fourth-order valence-corrected chi connectivity index (χ4v) is 3.26. The van der Waals surface area contributed by atoms with E-state index < -0.39 is 5.91 Å². The smallest absolute Gasteiger partial charge is 0.274 e. The number of amides is 2. The number of nitrogens with zero attached hydrogens (tertiary/aromatic N) is 6. The third-order valence-electron chi connectivity index (χ3n) is 4.92. The van der Waals surface area contributed by atoms with Gasteiger partial charge in [-0.15, -0.1) is 5.10 Å². The molecular weight excluding hydrogens is 394 g/mol. The molecule has 0 aliphatic rings. The number of fused-ring (bicyclic) bond motifs is 1. The van der Waals surface area contributed by atoms with E-state index in [4.69, 9.17) is 0 Å². The Morgan fingerprint density at radius 1 is 1.10 bits per heavy atom. The molecule has 0 bridgehead atoms. The maximum absolute atomic E-state index is 12.6. The molecule has 31 heavy (non-hydrogen) atoms. The number of carbonyl (C=O) groups excluding carboxylic acids is 2. The zero-order chi connectivity index (χ0) is 21.8. The second-order valence-corrected chi connectivity index (χ2v) is 7.08. The average Bonchev–Trinajstić information content (AvgIpc) is 3.18. The Balaban J connectivity index is 1.45. The van der Waals surface area contributed by atoms with Crippen LogP contribution in [0.25, 0.3) is 16.6 Å². The van der Waals surface area contributed by atoms with E-state index in [2.05, 4.69) is 25.6 Å². The first-order chi connectivity index (χ1) is 15.0. The van der Waals surface area contributed by atoms with E-state index >= 15 is 0 Å². The molecule has 9 nitrogen and oxygen atoms in total. The monoisotopic (exact) mass is 415 g/mol. The minimum atomic E-state index is -0.458. The van der Waals surface area contributed by atoms with Gasteiger partial charge < -0.3 is 10.2 Å². The number of pyridine rings is 2. The molecule has 1 N–H and O–H groups in total. The summed E-state index contributed by atoms with van der Waals surface area (Å²) >= 11 is 0. The van der Waals surface area contributed by atoms with Gasteiger partial charge in [-0.3, -0.25) is 19.6 Å². The number of hydrogen-bond donors (Lipinski definition) is 1. The molecule has 3 heterocycles. The van der Waals surface area contributed by atoms with Crippen molar-refractivity contribution in [2.24, 2.45) is 0 Å². The number of rotatable bonds is 6. The second-order valence-electron chi connectivity index (χ2n) is 7.08. The predicted molar refractivity (Wildman–Crippen MR) is 114 cm³/mol. The van der Waals surface area contributed by atoms with Gasteiger partial charge in [0.25, 0.3) is 5.91 Å². The van der Waals surface area contributed by atoms with E-state index in [0.29, 0.717) is 12.2 Å². The summed E-state index contributed by atoms with van der Waals surface area (Å²) in [4.78, 5) is 35.0. The summed E-state index contributed by atoms with van der Waals surface area (Å²) in [5.41, 5.74) is 3.13. The van der Waals surface area contributed by atoms with Crippen LogP contribution in [-0.4, -0.2) is 55.3 Å². The highest BCUT2D eigenvalue weighted by atomic mass is 16.2. The van der Waals surface area contributed by atoms with Gasteiger partial charge in [0, 0.05) is 37.6 Å². The molecule has 1 aromatic carbocycles. The highest BCUT2D eigenvalue weighted by Crippen LogP contribution is 2.21. The van der Waals surface area contributed by atoms with Crippen LogP contribution in [0.15, 0.2) is 61.1 Å². The molecule has 0 saturated carbocycles. The van der Waals surface area contributed by atoms with Crippen LogP contribution in [0.3, 0.4) is 0 Å². The van der Waals surface area contributed by atoms with Crippen molar-refractivity contribution in [2.75, 3.05) is 13.6 Å². The van der Waals surface area contributed by atoms with Crippen LogP contribution in [0.2, 0.25) is 0 Å². The lowest BCUT2D eigenvalue weighted by atomic mass is 10.2. The second kappa shape index (κ2) is 8.70. The van der Waals surface area contributed by atoms with Crippen LogP contribution in [-0.2, 0) is 11.3 Å². The predicted octanol–water partition coefficient (Wildman–Crippen LogP) is 1.91. The molecule has 0 aliphatic heterocycles. The topological polar surface area (TPSA) is 106 Å². The molecule has 0 radical (unpaired) electrons. The van der Waals surface area contributed by atoms with Crippen LogP contribution in [0.4, 0.5) is 0 Å². The molecular formula is C22H21N7O2. The zero-order valence-electron chi connectivity index (χ0n) is 17.2. The Morgan fingerprint density at radius 3 is 2.71 bits per heavy atom. The average molecular weight is 415 g/mol. The van der Waals surface area contributed by atoms with Crippen molar-refractivity contribution in [3.05, 3.63) is 78.0 Å².